The summed E-state index contributed by atoms with van der Waals surface area (Å²) < 4.78 is 12.2. The van der Waals surface area contributed by atoms with Crippen LogP contribution in [-0.2, 0) is 16.6 Å². The van der Waals surface area contributed by atoms with Gasteiger partial charge in [0.1, 0.15) is 0 Å². The summed E-state index contributed by atoms with van der Waals surface area (Å²) in [6.07, 6.45) is 3.34. The fourth-order valence-corrected chi connectivity index (χ4v) is 3.16. The lowest BCUT2D eigenvalue weighted by molar-refractivity contribution is 0.683. The fraction of sp³-hybridized carbons (Fsp3) is 0.0833. The van der Waals surface area contributed by atoms with E-state index >= 15 is 0 Å². The second-order valence-electron chi connectivity index (χ2n) is 3.50. The predicted octanol–water partition coefficient (Wildman–Crippen LogP) is 2.63. The van der Waals surface area contributed by atoms with E-state index in [1.54, 1.807) is 30.6 Å². The molecule has 1 aromatic heterocycles. The van der Waals surface area contributed by atoms with Crippen LogP contribution in [0.15, 0.2) is 47.6 Å². The molecule has 2 aromatic rings. The van der Waals surface area contributed by atoms with Crippen molar-refractivity contribution in [1.82, 2.24) is 4.98 Å². The average molecular weight is 267 g/mol. The van der Waals surface area contributed by atoms with Crippen LogP contribution >= 0.6 is 11.6 Å². The molecule has 1 aromatic carbocycles. The molecule has 2 N–H and O–H groups in total. The van der Waals surface area contributed by atoms with Gasteiger partial charge in [-0.15, -0.1) is 0 Å². The summed E-state index contributed by atoms with van der Waals surface area (Å²) in [4.78, 5) is 4.42. The van der Waals surface area contributed by atoms with Gasteiger partial charge in [-0.05, 0) is 29.8 Å². The number of hydrogen-bond donors (Lipinski definition) is 1. The third-order valence-corrected chi connectivity index (χ3v) is 4.21. The summed E-state index contributed by atoms with van der Waals surface area (Å²) >= 11 is 6.01. The van der Waals surface area contributed by atoms with Gasteiger partial charge in [0, 0.05) is 18.1 Å². The summed E-state index contributed by atoms with van der Waals surface area (Å²) in [5.74, 6) is 0.385. The molecule has 17 heavy (non-hydrogen) atoms. The van der Waals surface area contributed by atoms with E-state index in [0.717, 1.165) is 5.56 Å². The largest absolute Gasteiger partial charge is 0.398 e. The maximum absolute atomic E-state index is 12.2. The zero-order valence-electron chi connectivity index (χ0n) is 8.97. The van der Waals surface area contributed by atoms with Crippen LogP contribution in [0.25, 0.3) is 0 Å². The number of nitrogens with two attached hydrogens (primary N) is 1. The first-order valence-corrected chi connectivity index (χ1v) is 6.69. The van der Waals surface area contributed by atoms with Crippen molar-refractivity contribution in [3.05, 3.63) is 53.3 Å². The van der Waals surface area contributed by atoms with Crippen molar-refractivity contribution in [2.75, 3.05) is 5.73 Å². The van der Waals surface area contributed by atoms with E-state index < -0.39 is 10.8 Å². The molecule has 0 saturated heterocycles. The van der Waals surface area contributed by atoms with Crippen LogP contribution in [-0.4, -0.2) is 9.19 Å². The minimum absolute atomic E-state index is 0.385. The topological polar surface area (TPSA) is 56.0 Å². The molecule has 5 heteroatoms. The molecule has 0 aliphatic heterocycles. The highest BCUT2D eigenvalue weighted by Crippen LogP contribution is 2.27. The Morgan fingerprint density at radius 3 is 2.59 bits per heavy atom. The van der Waals surface area contributed by atoms with E-state index in [9.17, 15) is 4.21 Å². The molecule has 1 atom stereocenters. The number of anilines is 1. The van der Waals surface area contributed by atoms with Crippen molar-refractivity contribution in [1.29, 1.82) is 0 Å². The number of benzene rings is 1. The molecule has 0 radical (unpaired) electrons. The molecule has 3 nitrogen and oxygen atoms in total. The molecular formula is C12H11ClN2OS. The Labute approximate surface area is 107 Å². The highest BCUT2D eigenvalue weighted by molar-refractivity contribution is 7.84. The number of hydrogen-bond acceptors (Lipinski definition) is 3. The summed E-state index contributed by atoms with van der Waals surface area (Å²) in [6.45, 7) is 0. The Bertz CT molecular complexity index is 525. The van der Waals surface area contributed by atoms with Crippen LogP contribution in [0.4, 0.5) is 5.69 Å². The van der Waals surface area contributed by atoms with Gasteiger partial charge < -0.3 is 5.73 Å². The maximum Gasteiger partial charge on any atom is 0.0806 e. The molecule has 0 aliphatic carbocycles. The molecule has 88 valence electrons. The number of rotatable bonds is 3. The first kappa shape index (κ1) is 12.1. The van der Waals surface area contributed by atoms with Crippen LogP contribution in [0.1, 0.15) is 5.56 Å². The molecule has 0 amide bonds. The summed E-state index contributed by atoms with van der Waals surface area (Å²) in [6, 6.07) is 8.78. The zero-order chi connectivity index (χ0) is 12.3. The summed E-state index contributed by atoms with van der Waals surface area (Å²) in [5, 5.41) is 0.442. The molecule has 1 heterocycles. The van der Waals surface area contributed by atoms with Crippen LogP contribution in [0, 0.1) is 0 Å². The van der Waals surface area contributed by atoms with Crippen LogP contribution in [0.3, 0.4) is 0 Å². The van der Waals surface area contributed by atoms with Crippen molar-refractivity contribution in [2.24, 2.45) is 0 Å². The molecule has 0 spiro atoms. The zero-order valence-corrected chi connectivity index (χ0v) is 10.5. The van der Waals surface area contributed by atoms with E-state index in [0.29, 0.717) is 21.4 Å². The molecule has 2 rings (SSSR count). The van der Waals surface area contributed by atoms with E-state index in [2.05, 4.69) is 4.98 Å². The third-order valence-electron chi connectivity index (χ3n) is 2.27. The van der Waals surface area contributed by atoms with Gasteiger partial charge in [0.05, 0.1) is 26.5 Å². The Morgan fingerprint density at radius 2 is 1.94 bits per heavy atom. The van der Waals surface area contributed by atoms with Gasteiger partial charge in [-0.25, -0.2) is 0 Å². The third kappa shape index (κ3) is 2.84. The number of nitrogens with zero attached hydrogens (tertiary/aromatic N) is 1. The molecule has 1 unspecified atom stereocenters. The Kier molecular flexibility index (Phi) is 3.76. The van der Waals surface area contributed by atoms with E-state index in [4.69, 9.17) is 17.3 Å². The van der Waals surface area contributed by atoms with Crippen molar-refractivity contribution >= 4 is 28.1 Å². The Hall–Kier alpha value is -1.39. The highest BCUT2D eigenvalue weighted by atomic mass is 35.5. The molecular weight excluding hydrogens is 256 g/mol. The first-order chi connectivity index (χ1) is 8.18. The van der Waals surface area contributed by atoms with E-state index in [-0.39, 0.29) is 0 Å². The second kappa shape index (κ2) is 5.29. The number of halogens is 1. The van der Waals surface area contributed by atoms with Gasteiger partial charge in [-0.1, -0.05) is 17.7 Å². The number of aromatic nitrogens is 1. The van der Waals surface area contributed by atoms with E-state index in [1.165, 1.54) is 0 Å². The lowest BCUT2D eigenvalue weighted by Gasteiger charge is -2.07. The van der Waals surface area contributed by atoms with Crippen LogP contribution < -0.4 is 5.73 Å². The van der Waals surface area contributed by atoms with Crippen LogP contribution in [0.2, 0.25) is 5.02 Å². The van der Waals surface area contributed by atoms with Gasteiger partial charge in [0.2, 0.25) is 0 Å². The van der Waals surface area contributed by atoms with Crippen molar-refractivity contribution < 1.29 is 4.21 Å². The maximum atomic E-state index is 12.2. The van der Waals surface area contributed by atoms with Crippen molar-refractivity contribution in [3.8, 4) is 0 Å². The molecule has 0 bridgehead atoms. The van der Waals surface area contributed by atoms with E-state index in [1.807, 2.05) is 12.1 Å². The second-order valence-corrected chi connectivity index (χ2v) is 5.30. The monoisotopic (exact) mass is 266 g/mol. The molecule has 0 saturated carbocycles. The quantitative estimate of drug-likeness (QED) is 0.869. The minimum Gasteiger partial charge on any atom is -0.398 e. The smallest absolute Gasteiger partial charge is 0.0806 e. The Morgan fingerprint density at radius 1 is 1.24 bits per heavy atom. The van der Waals surface area contributed by atoms with Gasteiger partial charge in [0.25, 0.3) is 0 Å². The van der Waals surface area contributed by atoms with Gasteiger partial charge in [-0.3, -0.25) is 9.19 Å². The lowest BCUT2D eigenvalue weighted by Crippen LogP contribution is -2.01. The fourth-order valence-electron chi connectivity index (χ4n) is 1.47. The normalized spacial score (nSPS) is 12.3. The number of nitrogen functional groups attached to an aromatic ring is 1. The first-order valence-electron chi connectivity index (χ1n) is 5.00. The molecule has 0 fully saturated rings. The van der Waals surface area contributed by atoms with Gasteiger partial charge in [-0.2, -0.15) is 0 Å². The summed E-state index contributed by atoms with van der Waals surface area (Å²) in [7, 11) is -1.24. The van der Waals surface area contributed by atoms with Gasteiger partial charge in [0.15, 0.2) is 0 Å². The molecule has 0 aliphatic rings. The van der Waals surface area contributed by atoms with Crippen LogP contribution in [0.5, 0.6) is 0 Å². The number of pyridine rings is 1. The van der Waals surface area contributed by atoms with Crippen molar-refractivity contribution in [3.63, 3.8) is 0 Å². The predicted molar refractivity (Wildman–Crippen MR) is 70.2 cm³/mol. The standard InChI is InChI=1S/C12H11ClN2OS/c13-10-2-1-3-11(14)12(10)17(16)8-9-4-6-15-7-5-9/h1-7H,8,14H2. The SMILES string of the molecule is Nc1cccc(Cl)c1S(=O)Cc1ccncc1. The Balaban J connectivity index is 2.27. The lowest BCUT2D eigenvalue weighted by atomic mass is 10.3. The van der Waals surface area contributed by atoms with Crippen molar-refractivity contribution in [2.45, 2.75) is 10.6 Å². The highest BCUT2D eigenvalue weighted by Gasteiger charge is 2.12. The van der Waals surface area contributed by atoms with Gasteiger partial charge >= 0.3 is 0 Å². The average Bonchev–Trinajstić information content (AvgIpc) is 2.30. The minimum atomic E-state index is -1.24. The summed E-state index contributed by atoms with van der Waals surface area (Å²) in [5.41, 5.74) is 7.19.